The van der Waals surface area contributed by atoms with Gasteiger partial charge in [-0.2, -0.15) is 0 Å². The molecule has 0 aliphatic heterocycles. The van der Waals surface area contributed by atoms with E-state index in [1.54, 1.807) is 25.3 Å². The minimum atomic E-state index is -0.968. The van der Waals surface area contributed by atoms with E-state index < -0.39 is 5.97 Å². The van der Waals surface area contributed by atoms with Crippen molar-refractivity contribution in [1.82, 2.24) is 0 Å². The topological polar surface area (TPSA) is 55.8 Å². The molecule has 1 N–H and O–H groups in total. The number of carboxylic acid groups (broad SMARTS) is 1. The molecule has 0 fully saturated rings. The summed E-state index contributed by atoms with van der Waals surface area (Å²) in [7, 11) is 1.54. The van der Waals surface area contributed by atoms with Gasteiger partial charge in [-0.1, -0.05) is 22.6 Å². The van der Waals surface area contributed by atoms with E-state index in [0.29, 0.717) is 12.4 Å². The summed E-state index contributed by atoms with van der Waals surface area (Å²) in [6.07, 6.45) is 0. The molecule has 0 saturated carbocycles. The van der Waals surface area contributed by atoms with Gasteiger partial charge in [0.05, 0.1) is 19.3 Å². The van der Waals surface area contributed by atoms with E-state index in [4.69, 9.17) is 14.6 Å². The molecule has 2 aromatic carbocycles. The van der Waals surface area contributed by atoms with E-state index in [1.807, 2.05) is 26.0 Å². The van der Waals surface area contributed by atoms with Crippen molar-refractivity contribution in [3.05, 3.63) is 47.0 Å². The van der Waals surface area contributed by atoms with Crippen LogP contribution >= 0.6 is 22.6 Å². The summed E-state index contributed by atoms with van der Waals surface area (Å²) in [5.41, 5.74) is 4.16. The summed E-state index contributed by atoms with van der Waals surface area (Å²) >= 11 is 2.28. The fourth-order valence-electron chi connectivity index (χ4n) is 2.54. The Morgan fingerprint density at radius 2 is 1.83 bits per heavy atom. The average molecular weight is 426 g/mol. The number of carboxylic acids is 1. The van der Waals surface area contributed by atoms with Crippen molar-refractivity contribution in [2.24, 2.45) is 0 Å². The summed E-state index contributed by atoms with van der Waals surface area (Å²) in [5, 5.41) is 9.10. The second kappa shape index (κ2) is 7.68. The third-order valence-corrected chi connectivity index (χ3v) is 3.98. The molecule has 0 radical (unpaired) electrons. The van der Waals surface area contributed by atoms with Crippen LogP contribution in [0.1, 0.15) is 21.5 Å². The molecule has 0 aliphatic rings. The van der Waals surface area contributed by atoms with Gasteiger partial charge in [-0.3, -0.25) is 0 Å². The van der Waals surface area contributed by atoms with Crippen LogP contribution in [0.5, 0.6) is 11.5 Å². The van der Waals surface area contributed by atoms with E-state index in [0.717, 1.165) is 32.4 Å². The predicted octanol–water partition coefficient (Wildman–Crippen LogP) is 4.49. The van der Waals surface area contributed by atoms with Gasteiger partial charge < -0.3 is 14.6 Å². The Balaban J connectivity index is 2.48. The minimum absolute atomic E-state index is 0.209. The van der Waals surface area contributed by atoms with Crippen molar-refractivity contribution in [1.29, 1.82) is 0 Å². The van der Waals surface area contributed by atoms with Crippen molar-refractivity contribution < 1.29 is 19.4 Å². The fraction of sp³-hybridized carbons (Fsp3) is 0.278. The molecule has 0 bridgehead atoms. The first-order valence-electron chi connectivity index (χ1n) is 7.19. The quantitative estimate of drug-likeness (QED) is 0.547. The smallest absolute Gasteiger partial charge is 0.335 e. The average Bonchev–Trinajstić information content (AvgIpc) is 2.53. The molecule has 0 heterocycles. The number of hydrogen-bond acceptors (Lipinski definition) is 3. The molecule has 4 nitrogen and oxygen atoms in total. The molecule has 0 atom stereocenters. The van der Waals surface area contributed by atoms with Crippen LogP contribution in [0.15, 0.2) is 30.3 Å². The SMILES string of the molecule is COc1cc(C(=O)O)ccc1-c1cc(C)c(OCCI)c(C)c1. The van der Waals surface area contributed by atoms with Crippen molar-refractivity contribution in [2.45, 2.75) is 13.8 Å². The highest BCUT2D eigenvalue weighted by molar-refractivity contribution is 14.1. The van der Waals surface area contributed by atoms with Crippen LogP contribution in [0.2, 0.25) is 0 Å². The van der Waals surface area contributed by atoms with Gasteiger partial charge in [-0.15, -0.1) is 0 Å². The zero-order chi connectivity index (χ0) is 17.0. The Labute approximate surface area is 149 Å². The maximum atomic E-state index is 11.1. The molecule has 0 aromatic heterocycles. The zero-order valence-corrected chi connectivity index (χ0v) is 15.5. The van der Waals surface area contributed by atoms with Gasteiger partial charge in [0.25, 0.3) is 0 Å². The number of aromatic carboxylic acids is 1. The number of methoxy groups -OCH3 is 1. The second-order valence-electron chi connectivity index (χ2n) is 5.20. The number of alkyl halides is 1. The molecular formula is C18H19IO4. The van der Waals surface area contributed by atoms with Crippen molar-refractivity contribution >= 4 is 28.6 Å². The Morgan fingerprint density at radius 3 is 2.35 bits per heavy atom. The second-order valence-corrected chi connectivity index (χ2v) is 6.28. The monoisotopic (exact) mass is 426 g/mol. The number of aryl methyl sites for hydroxylation is 2. The van der Waals surface area contributed by atoms with E-state index >= 15 is 0 Å². The summed E-state index contributed by atoms with van der Waals surface area (Å²) in [4.78, 5) is 11.1. The van der Waals surface area contributed by atoms with Gasteiger partial charge in [0.2, 0.25) is 0 Å². The third-order valence-electron chi connectivity index (χ3n) is 3.54. The van der Waals surface area contributed by atoms with Crippen LogP contribution in [-0.4, -0.2) is 29.2 Å². The lowest BCUT2D eigenvalue weighted by Gasteiger charge is -2.15. The lowest BCUT2D eigenvalue weighted by Crippen LogP contribution is -2.02. The van der Waals surface area contributed by atoms with Crippen LogP contribution in [-0.2, 0) is 0 Å². The lowest BCUT2D eigenvalue weighted by molar-refractivity contribution is 0.0696. The highest BCUT2D eigenvalue weighted by atomic mass is 127. The van der Waals surface area contributed by atoms with Crippen LogP contribution in [0.4, 0.5) is 0 Å². The Bertz CT molecular complexity index is 702. The molecular weight excluding hydrogens is 407 g/mol. The highest BCUT2D eigenvalue weighted by Gasteiger charge is 2.13. The molecule has 2 aromatic rings. The maximum absolute atomic E-state index is 11.1. The normalized spacial score (nSPS) is 10.4. The van der Waals surface area contributed by atoms with E-state index in [1.165, 1.54) is 0 Å². The van der Waals surface area contributed by atoms with Crippen molar-refractivity contribution in [3.63, 3.8) is 0 Å². The van der Waals surface area contributed by atoms with Gasteiger partial charge in [0, 0.05) is 9.99 Å². The summed E-state index contributed by atoms with van der Waals surface area (Å²) in [6.45, 7) is 4.70. The molecule has 5 heteroatoms. The highest BCUT2D eigenvalue weighted by Crippen LogP contribution is 2.35. The van der Waals surface area contributed by atoms with Gasteiger partial charge in [-0.25, -0.2) is 4.79 Å². The first-order chi connectivity index (χ1) is 11.0. The molecule has 2 rings (SSSR count). The van der Waals surface area contributed by atoms with Gasteiger partial charge in [-0.05, 0) is 60.9 Å². The van der Waals surface area contributed by atoms with E-state index in [-0.39, 0.29) is 5.56 Å². The number of carbonyl (C=O) groups is 1. The van der Waals surface area contributed by atoms with Crippen LogP contribution < -0.4 is 9.47 Å². The molecule has 0 unspecified atom stereocenters. The molecule has 0 saturated heterocycles. The largest absolute Gasteiger partial charge is 0.496 e. The van der Waals surface area contributed by atoms with Gasteiger partial charge in [0.1, 0.15) is 11.5 Å². The molecule has 0 aliphatic carbocycles. The number of hydrogen-bond donors (Lipinski definition) is 1. The zero-order valence-electron chi connectivity index (χ0n) is 13.4. The lowest BCUT2D eigenvalue weighted by atomic mass is 9.98. The number of ether oxygens (including phenoxy) is 2. The minimum Gasteiger partial charge on any atom is -0.496 e. The van der Waals surface area contributed by atoms with Gasteiger partial charge >= 0.3 is 5.97 Å². The summed E-state index contributed by atoms with van der Waals surface area (Å²) in [6, 6.07) is 8.98. The van der Waals surface area contributed by atoms with Crippen LogP contribution in [0.25, 0.3) is 11.1 Å². The Morgan fingerprint density at radius 1 is 1.17 bits per heavy atom. The van der Waals surface area contributed by atoms with E-state index in [2.05, 4.69) is 22.6 Å². The molecule has 0 spiro atoms. The molecule has 23 heavy (non-hydrogen) atoms. The Kier molecular flexibility index (Phi) is 5.87. The van der Waals surface area contributed by atoms with Crippen molar-refractivity contribution in [3.8, 4) is 22.6 Å². The first kappa shape index (κ1) is 17.6. The number of halogens is 1. The predicted molar refractivity (Wildman–Crippen MR) is 99.2 cm³/mol. The first-order valence-corrected chi connectivity index (χ1v) is 8.72. The molecule has 122 valence electrons. The fourth-order valence-corrected chi connectivity index (χ4v) is 2.76. The third kappa shape index (κ3) is 3.96. The summed E-state index contributed by atoms with van der Waals surface area (Å²) in [5.74, 6) is 0.487. The number of rotatable bonds is 6. The van der Waals surface area contributed by atoms with E-state index in [9.17, 15) is 4.79 Å². The van der Waals surface area contributed by atoms with Crippen LogP contribution in [0, 0.1) is 13.8 Å². The standard InChI is InChI=1S/C18H19IO4/c1-11-8-14(9-12(2)17(11)23-7-6-19)15-5-4-13(18(20)21)10-16(15)22-3/h4-5,8-10H,6-7H2,1-3H3,(H,20,21). The van der Waals surface area contributed by atoms with Crippen molar-refractivity contribution in [2.75, 3.05) is 18.1 Å². The maximum Gasteiger partial charge on any atom is 0.335 e. The number of benzene rings is 2. The van der Waals surface area contributed by atoms with Crippen LogP contribution in [0.3, 0.4) is 0 Å². The van der Waals surface area contributed by atoms with Gasteiger partial charge in [0.15, 0.2) is 0 Å². The Hall–Kier alpha value is -1.76. The summed E-state index contributed by atoms with van der Waals surface area (Å²) < 4.78 is 12.1. The molecule has 0 amide bonds.